The molecule has 0 bridgehead atoms. The lowest BCUT2D eigenvalue weighted by Gasteiger charge is -2.08. The zero-order valence-electron chi connectivity index (χ0n) is 14.8. The molecule has 0 aliphatic carbocycles. The molecule has 0 saturated carbocycles. The lowest BCUT2D eigenvalue weighted by Crippen LogP contribution is -2.12. The molecule has 0 saturated heterocycles. The van der Waals surface area contributed by atoms with E-state index in [1.165, 1.54) is 12.5 Å². The zero-order chi connectivity index (χ0) is 18.5. The number of nitrogens with one attached hydrogen (secondary N) is 1. The largest absolute Gasteiger partial charge is 0.326 e. The number of nitrogens with zero attached hydrogens (tertiary/aromatic N) is 1. The van der Waals surface area contributed by atoms with Crippen molar-refractivity contribution in [3.63, 3.8) is 0 Å². The van der Waals surface area contributed by atoms with Gasteiger partial charge in [-0.25, -0.2) is 4.98 Å². The summed E-state index contributed by atoms with van der Waals surface area (Å²) in [5, 5.41) is 4.92. The summed E-state index contributed by atoms with van der Waals surface area (Å²) in [5.74, 6) is 0.549. The molecule has 1 aromatic heterocycles. The quantitative estimate of drug-likeness (QED) is 0.501. The maximum absolute atomic E-state index is 12.1. The predicted octanol–water partition coefficient (Wildman–Crippen LogP) is 4.87. The van der Waals surface area contributed by atoms with Crippen molar-refractivity contribution < 1.29 is 9.59 Å². The summed E-state index contributed by atoms with van der Waals surface area (Å²) in [6.07, 6.45) is 0.378. The van der Waals surface area contributed by atoms with Crippen molar-refractivity contribution in [2.24, 2.45) is 0 Å². The van der Waals surface area contributed by atoms with Crippen molar-refractivity contribution in [2.75, 3.05) is 11.1 Å². The van der Waals surface area contributed by atoms with Gasteiger partial charge in [-0.3, -0.25) is 9.59 Å². The van der Waals surface area contributed by atoms with E-state index in [1.807, 2.05) is 18.2 Å². The number of pyridine rings is 1. The molecule has 132 valence electrons. The fraction of sp³-hybridized carbons (Fsp3) is 0.190. The molecule has 1 amide bonds. The zero-order valence-corrected chi connectivity index (χ0v) is 15.6. The van der Waals surface area contributed by atoms with Gasteiger partial charge >= 0.3 is 0 Å². The SMILES string of the molecule is CC(=O)c1cccc(NC(=O)CCSc2cc(C)c3ccccc3n2)c1. The normalized spacial score (nSPS) is 10.7. The number of anilines is 1. The van der Waals surface area contributed by atoms with E-state index >= 15 is 0 Å². The fourth-order valence-electron chi connectivity index (χ4n) is 2.68. The number of fused-ring (bicyclic) bond motifs is 1. The lowest BCUT2D eigenvalue weighted by atomic mass is 10.1. The van der Waals surface area contributed by atoms with Crippen molar-refractivity contribution in [2.45, 2.75) is 25.3 Å². The summed E-state index contributed by atoms with van der Waals surface area (Å²) in [6.45, 7) is 3.58. The Morgan fingerprint density at radius 1 is 1.08 bits per heavy atom. The minimum Gasteiger partial charge on any atom is -0.326 e. The Hall–Kier alpha value is -2.66. The Kier molecular flexibility index (Phi) is 5.68. The van der Waals surface area contributed by atoms with Gasteiger partial charge in [0.2, 0.25) is 5.91 Å². The highest BCUT2D eigenvalue weighted by atomic mass is 32.2. The van der Waals surface area contributed by atoms with Crippen LogP contribution in [0.3, 0.4) is 0 Å². The van der Waals surface area contributed by atoms with Gasteiger partial charge in [0.15, 0.2) is 5.78 Å². The number of carbonyl (C=O) groups is 2. The summed E-state index contributed by atoms with van der Waals surface area (Å²) in [4.78, 5) is 28.2. The number of aromatic nitrogens is 1. The molecule has 0 aliphatic rings. The number of aryl methyl sites for hydroxylation is 1. The van der Waals surface area contributed by atoms with Gasteiger partial charge in [0.25, 0.3) is 0 Å². The number of benzene rings is 2. The summed E-state index contributed by atoms with van der Waals surface area (Å²) < 4.78 is 0. The first kappa shape index (κ1) is 18.1. The molecule has 4 nitrogen and oxygen atoms in total. The molecule has 5 heteroatoms. The maximum atomic E-state index is 12.1. The Morgan fingerprint density at radius 2 is 1.88 bits per heavy atom. The van der Waals surface area contributed by atoms with E-state index < -0.39 is 0 Å². The Bertz CT molecular complexity index is 969. The molecule has 1 heterocycles. The summed E-state index contributed by atoms with van der Waals surface area (Å²) in [7, 11) is 0. The number of Topliss-reactive ketones (excluding diaryl/α,β-unsaturated/α-hetero) is 1. The van der Waals surface area contributed by atoms with Crippen LogP contribution in [0.15, 0.2) is 59.6 Å². The number of rotatable bonds is 6. The number of hydrogen-bond acceptors (Lipinski definition) is 4. The molecule has 2 aromatic carbocycles. The van der Waals surface area contributed by atoms with Crippen molar-refractivity contribution >= 4 is 40.0 Å². The number of hydrogen-bond donors (Lipinski definition) is 1. The average Bonchev–Trinajstić information content (AvgIpc) is 2.62. The second kappa shape index (κ2) is 8.15. The number of thioether (sulfide) groups is 1. The first-order valence-corrected chi connectivity index (χ1v) is 9.41. The van der Waals surface area contributed by atoms with Crippen LogP contribution in [0.2, 0.25) is 0 Å². The summed E-state index contributed by atoms with van der Waals surface area (Å²) in [6, 6.07) is 17.1. The van der Waals surface area contributed by atoms with Crippen LogP contribution < -0.4 is 5.32 Å². The number of ketones is 1. The second-order valence-corrected chi connectivity index (χ2v) is 7.19. The van der Waals surface area contributed by atoms with Crippen LogP contribution in [0.1, 0.15) is 29.3 Å². The van der Waals surface area contributed by atoms with E-state index in [4.69, 9.17) is 0 Å². The van der Waals surface area contributed by atoms with Gasteiger partial charge in [-0.2, -0.15) is 0 Å². The van der Waals surface area contributed by atoms with Gasteiger partial charge in [0, 0.05) is 28.8 Å². The summed E-state index contributed by atoms with van der Waals surface area (Å²) in [5.41, 5.74) is 3.39. The van der Waals surface area contributed by atoms with Gasteiger partial charge in [-0.15, -0.1) is 11.8 Å². The summed E-state index contributed by atoms with van der Waals surface area (Å²) >= 11 is 1.57. The van der Waals surface area contributed by atoms with Crippen LogP contribution in [0.4, 0.5) is 5.69 Å². The molecule has 0 atom stereocenters. The first-order valence-electron chi connectivity index (χ1n) is 8.43. The van der Waals surface area contributed by atoms with Crippen molar-refractivity contribution in [3.05, 3.63) is 65.7 Å². The lowest BCUT2D eigenvalue weighted by molar-refractivity contribution is -0.115. The van der Waals surface area contributed by atoms with Gasteiger partial charge in [-0.05, 0) is 43.7 Å². The maximum Gasteiger partial charge on any atom is 0.225 e. The molecule has 1 N–H and O–H groups in total. The third-order valence-electron chi connectivity index (χ3n) is 4.03. The van der Waals surface area contributed by atoms with E-state index in [1.54, 1.807) is 36.0 Å². The van der Waals surface area contributed by atoms with Crippen molar-refractivity contribution in [1.82, 2.24) is 4.98 Å². The van der Waals surface area contributed by atoms with E-state index in [2.05, 4.69) is 29.4 Å². The highest BCUT2D eigenvalue weighted by Gasteiger charge is 2.07. The number of amides is 1. The minimum absolute atomic E-state index is 0.0191. The highest BCUT2D eigenvalue weighted by molar-refractivity contribution is 7.99. The minimum atomic E-state index is -0.0734. The number of carbonyl (C=O) groups excluding carboxylic acids is 2. The smallest absolute Gasteiger partial charge is 0.225 e. The fourth-order valence-corrected chi connectivity index (χ4v) is 3.60. The predicted molar refractivity (Wildman–Crippen MR) is 107 cm³/mol. The molecule has 3 rings (SSSR count). The second-order valence-electron chi connectivity index (χ2n) is 6.08. The van der Waals surface area contributed by atoms with Gasteiger partial charge in [0.05, 0.1) is 10.5 Å². The molecule has 0 spiro atoms. The average molecular weight is 364 g/mol. The van der Waals surface area contributed by atoms with Crippen LogP contribution in [-0.4, -0.2) is 22.4 Å². The third kappa shape index (κ3) is 4.49. The molecule has 26 heavy (non-hydrogen) atoms. The van der Waals surface area contributed by atoms with Gasteiger partial charge in [-0.1, -0.05) is 30.3 Å². The molecule has 0 unspecified atom stereocenters. The van der Waals surface area contributed by atoms with E-state index in [-0.39, 0.29) is 11.7 Å². The Morgan fingerprint density at radius 3 is 2.69 bits per heavy atom. The molecule has 3 aromatic rings. The molecular weight excluding hydrogens is 344 g/mol. The van der Waals surface area contributed by atoms with E-state index in [0.29, 0.717) is 23.4 Å². The molecule has 0 fully saturated rings. The van der Waals surface area contributed by atoms with E-state index in [9.17, 15) is 9.59 Å². The monoisotopic (exact) mass is 364 g/mol. The van der Waals surface area contributed by atoms with Gasteiger partial charge in [0.1, 0.15) is 0 Å². The Labute approximate surface area is 157 Å². The van der Waals surface area contributed by atoms with Crippen LogP contribution in [-0.2, 0) is 4.79 Å². The Balaban J connectivity index is 1.57. The van der Waals surface area contributed by atoms with Crippen LogP contribution in [0.5, 0.6) is 0 Å². The van der Waals surface area contributed by atoms with Crippen molar-refractivity contribution in [3.8, 4) is 0 Å². The molecular formula is C21H20N2O2S. The van der Waals surface area contributed by atoms with Crippen LogP contribution in [0, 0.1) is 6.92 Å². The molecule has 0 aliphatic heterocycles. The van der Waals surface area contributed by atoms with E-state index in [0.717, 1.165) is 15.9 Å². The standard InChI is InChI=1S/C21H20N2O2S/c1-14-12-21(23-19-9-4-3-8-18(14)19)26-11-10-20(25)22-17-7-5-6-16(13-17)15(2)24/h3-9,12-13H,10-11H2,1-2H3,(H,22,25). The first-order chi connectivity index (χ1) is 12.5. The van der Waals surface area contributed by atoms with Crippen LogP contribution >= 0.6 is 11.8 Å². The number of para-hydroxylation sites is 1. The molecule has 0 radical (unpaired) electrons. The highest BCUT2D eigenvalue weighted by Crippen LogP contribution is 2.24. The third-order valence-corrected chi connectivity index (χ3v) is 4.94. The van der Waals surface area contributed by atoms with Gasteiger partial charge < -0.3 is 5.32 Å². The van der Waals surface area contributed by atoms with Crippen molar-refractivity contribution in [1.29, 1.82) is 0 Å². The van der Waals surface area contributed by atoms with Crippen LogP contribution in [0.25, 0.3) is 10.9 Å². The topological polar surface area (TPSA) is 59.1 Å².